The highest BCUT2D eigenvalue weighted by atomic mass is 16.3. The van der Waals surface area contributed by atoms with Gasteiger partial charge in [-0.15, -0.1) is 0 Å². The summed E-state index contributed by atoms with van der Waals surface area (Å²) in [6.07, 6.45) is 4.34. The van der Waals surface area contributed by atoms with Crippen LogP contribution in [0.5, 0.6) is 0 Å². The summed E-state index contributed by atoms with van der Waals surface area (Å²) in [5, 5.41) is 9.84. The van der Waals surface area contributed by atoms with Crippen LogP contribution in [0.1, 0.15) is 44.3 Å². The monoisotopic (exact) mass is 276 g/mol. The highest BCUT2D eigenvalue weighted by molar-refractivity contribution is 5.47. The zero-order chi connectivity index (χ0) is 14.8. The van der Waals surface area contributed by atoms with Crippen molar-refractivity contribution in [3.05, 3.63) is 29.8 Å². The summed E-state index contributed by atoms with van der Waals surface area (Å²) in [4.78, 5) is 4.71. The van der Waals surface area contributed by atoms with E-state index in [1.54, 1.807) is 0 Å². The minimum absolute atomic E-state index is 0.339. The number of aliphatic hydroxyl groups excluding tert-OH is 1. The molecule has 1 fully saturated rings. The highest BCUT2D eigenvalue weighted by Gasteiger charge is 2.39. The molecular formula is C17H28N2O. The Kier molecular flexibility index (Phi) is 4.71. The zero-order valence-corrected chi connectivity index (χ0v) is 13.3. The lowest BCUT2D eigenvalue weighted by atomic mass is 9.75. The summed E-state index contributed by atoms with van der Waals surface area (Å²) < 4.78 is 0. The van der Waals surface area contributed by atoms with Crippen LogP contribution in [0.25, 0.3) is 0 Å². The number of anilines is 1. The van der Waals surface area contributed by atoms with Crippen LogP contribution < -0.4 is 4.90 Å². The van der Waals surface area contributed by atoms with Crippen molar-refractivity contribution >= 4 is 5.69 Å². The van der Waals surface area contributed by atoms with Crippen LogP contribution in [0.3, 0.4) is 0 Å². The van der Waals surface area contributed by atoms with E-state index < -0.39 is 0 Å². The molecule has 0 aromatic heterocycles. The van der Waals surface area contributed by atoms with Crippen molar-refractivity contribution in [3.63, 3.8) is 0 Å². The summed E-state index contributed by atoms with van der Waals surface area (Å²) in [6.45, 7) is 3.07. The van der Waals surface area contributed by atoms with E-state index >= 15 is 0 Å². The lowest BCUT2D eigenvalue weighted by Gasteiger charge is -2.49. The third-order valence-electron chi connectivity index (χ3n) is 4.87. The molecular weight excluding hydrogens is 248 g/mol. The molecule has 0 unspecified atom stereocenters. The molecule has 1 atom stereocenters. The standard InChI is InChI=1S/C17H28N2O/c1-5-16(20)14-7-9-15(10-8-14)19(4)13-17(18(2)3)11-6-12-17/h7-10,16,20H,5-6,11-13H2,1-4H3/t16-/m1/s1. The SMILES string of the molecule is CC[C@@H](O)c1ccc(N(C)CC2(N(C)C)CCC2)cc1. The quantitative estimate of drug-likeness (QED) is 0.865. The van der Waals surface area contributed by atoms with Crippen LogP contribution in [0.4, 0.5) is 5.69 Å². The highest BCUT2D eigenvalue weighted by Crippen LogP contribution is 2.37. The van der Waals surface area contributed by atoms with Gasteiger partial charge in [-0.25, -0.2) is 0 Å². The Morgan fingerprint density at radius 1 is 1.15 bits per heavy atom. The second kappa shape index (κ2) is 6.15. The number of likely N-dealkylation sites (N-methyl/N-ethyl adjacent to an activating group) is 2. The average Bonchev–Trinajstić information content (AvgIpc) is 2.41. The van der Waals surface area contributed by atoms with Crippen LogP contribution in [0, 0.1) is 0 Å². The molecule has 0 spiro atoms. The first-order chi connectivity index (χ1) is 9.48. The van der Waals surface area contributed by atoms with Gasteiger partial charge in [-0.2, -0.15) is 0 Å². The Balaban J connectivity index is 2.04. The van der Waals surface area contributed by atoms with Gasteiger partial charge >= 0.3 is 0 Å². The number of aliphatic hydroxyl groups is 1. The van der Waals surface area contributed by atoms with Crippen molar-refractivity contribution in [2.75, 3.05) is 32.6 Å². The average molecular weight is 276 g/mol. The molecule has 112 valence electrons. The van der Waals surface area contributed by atoms with Crippen LogP contribution in [-0.2, 0) is 0 Å². The molecule has 0 heterocycles. The molecule has 3 nitrogen and oxygen atoms in total. The summed E-state index contributed by atoms with van der Waals surface area (Å²) in [5.74, 6) is 0. The molecule has 1 N–H and O–H groups in total. The van der Waals surface area contributed by atoms with E-state index in [1.165, 1.54) is 24.9 Å². The van der Waals surface area contributed by atoms with Crippen molar-refractivity contribution in [2.24, 2.45) is 0 Å². The van der Waals surface area contributed by atoms with E-state index in [1.807, 2.05) is 19.1 Å². The van der Waals surface area contributed by atoms with Gasteiger partial charge in [-0.05, 0) is 57.5 Å². The van der Waals surface area contributed by atoms with Crippen LogP contribution in [0.2, 0.25) is 0 Å². The predicted molar refractivity (Wildman–Crippen MR) is 85.2 cm³/mol. The third-order valence-corrected chi connectivity index (χ3v) is 4.87. The summed E-state index contributed by atoms with van der Waals surface area (Å²) in [6, 6.07) is 8.33. The lowest BCUT2D eigenvalue weighted by Crippen LogP contribution is -2.56. The number of hydrogen-bond donors (Lipinski definition) is 1. The van der Waals surface area contributed by atoms with E-state index in [0.29, 0.717) is 5.54 Å². The Morgan fingerprint density at radius 2 is 1.75 bits per heavy atom. The summed E-state index contributed by atoms with van der Waals surface area (Å²) in [5.41, 5.74) is 2.58. The maximum Gasteiger partial charge on any atom is 0.0787 e. The minimum atomic E-state index is -0.339. The molecule has 0 amide bonds. The number of benzene rings is 1. The van der Waals surface area contributed by atoms with Gasteiger partial charge in [-0.1, -0.05) is 19.1 Å². The van der Waals surface area contributed by atoms with Crippen LogP contribution in [-0.4, -0.2) is 43.2 Å². The Labute approximate surface area is 123 Å². The molecule has 0 radical (unpaired) electrons. The van der Waals surface area contributed by atoms with Gasteiger partial charge in [0.1, 0.15) is 0 Å². The fourth-order valence-electron chi connectivity index (χ4n) is 3.05. The van der Waals surface area contributed by atoms with Gasteiger partial charge in [0.25, 0.3) is 0 Å². The van der Waals surface area contributed by atoms with Crippen LogP contribution in [0.15, 0.2) is 24.3 Å². The largest absolute Gasteiger partial charge is 0.388 e. The first kappa shape index (κ1) is 15.3. The van der Waals surface area contributed by atoms with Gasteiger partial charge in [-0.3, -0.25) is 0 Å². The number of nitrogens with zero attached hydrogens (tertiary/aromatic N) is 2. The van der Waals surface area contributed by atoms with E-state index in [0.717, 1.165) is 18.5 Å². The van der Waals surface area contributed by atoms with Gasteiger partial charge in [0.15, 0.2) is 0 Å². The molecule has 0 aliphatic heterocycles. The number of rotatable bonds is 6. The van der Waals surface area contributed by atoms with Gasteiger partial charge in [0.2, 0.25) is 0 Å². The first-order valence-corrected chi connectivity index (χ1v) is 7.65. The van der Waals surface area contributed by atoms with Crippen molar-refractivity contribution in [2.45, 2.75) is 44.2 Å². The van der Waals surface area contributed by atoms with E-state index in [9.17, 15) is 5.11 Å². The maximum absolute atomic E-state index is 9.84. The van der Waals surface area contributed by atoms with Crippen LogP contribution >= 0.6 is 0 Å². The smallest absolute Gasteiger partial charge is 0.0787 e. The zero-order valence-electron chi connectivity index (χ0n) is 13.3. The molecule has 1 aromatic rings. The lowest BCUT2D eigenvalue weighted by molar-refractivity contribution is 0.0683. The second-order valence-electron chi connectivity index (χ2n) is 6.34. The van der Waals surface area contributed by atoms with E-state index in [4.69, 9.17) is 0 Å². The van der Waals surface area contributed by atoms with Gasteiger partial charge < -0.3 is 14.9 Å². The predicted octanol–water partition coefficient (Wildman–Crippen LogP) is 3.05. The third kappa shape index (κ3) is 2.99. The Hall–Kier alpha value is -1.06. The minimum Gasteiger partial charge on any atom is -0.388 e. The number of hydrogen-bond acceptors (Lipinski definition) is 3. The Bertz CT molecular complexity index is 423. The molecule has 1 aromatic carbocycles. The first-order valence-electron chi connectivity index (χ1n) is 7.65. The second-order valence-corrected chi connectivity index (χ2v) is 6.34. The molecule has 2 rings (SSSR count). The molecule has 0 bridgehead atoms. The Morgan fingerprint density at radius 3 is 2.15 bits per heavy atom. The molecule has 1 aliphatic carbocycles. The van der Waals surface area contributed by atoms with E-state index in [2.05, 4.69) is 43.1 Å². The van der Waals surface area contributed by atoms with Crippen molar-refractivity contribution in [1.29, 1.82) is 0 Å². The summed E-state index contributed by atoms with van der Waals surface area (Å²) in [7, 11) is 6.54. The van der Waals surface area contributed by atoms with Crippen molar-refractivity contribution < 1.29 is 5.11 Å². The maximum atomic E-state index is 9.84. The normalized spacial score (nSPS) is 18.7. The summed E-state index contributed by atoms with van der Waals surface area (Å²) >= 11 is 0. The molecule has 20 heavy (non-hydrogen) atoms. The molecule has 0 saturated heterocycles. The molecule has 1 saturated carbocycles. The fraction of sp³-hybridized carbons (Fsp3) is 0.647. The van der Waals surface area contributed by atoms with E-state index in [-0.39, 0.29) is 6.10 Å². The molecule has 1 aliphatic rings. The fourth-order valence-corrected chi connectivity index (χ4v) is 3.05. The van der Waals surface area contributed by atoms with Crippen molar-refractivity contribution in [3.8, 4) is 0 Å². The molecule has 3 heteroatoms. The van der Waals surface area contributed by atoms with Crippen molar-refractivity contribution in [1.82, 2.24) is 4.90 Å². The van der Waals surface area contributed by atoms with Gasteiger partial charge in [0.05, 0.1) is 6.10 Å². The topological polar surface area (TPSA) is 26.7 Å². The van der Waals surface area contributed by atoms with Gasteiger partial charge in [0, 0.05) is 24.8 Å².